The molecule has 0 amide bonds. The van der Waals surface area contributed by atoms with Gasteiger partial charge in [-0.3, -0.25) is 0 Å². The fraction of sp³-hybridized carbons (Fsp3) is 1.00. The van der Waals surface area contributed by atoms with Crippen LogP contribution in [0.4, 0.5) is 0 Å². The molecule has 0 aliphatic carbocycles. The fourth-order valence-electron chi connectivity index (χ4n) is 3.19. The number of hydrogen-bond donors (Lipinski definition) is 1. The first-order chi connectivity index (χ1) is 8.53. The summed E-state index contributed by atoms with van der Waals surface area (Å²) in [5.41, 5.74) is 0. The molecule has 2 fully saturated rings. The van der Waals surface area contributed by atoms with Gasteiger partial charge in [-0.15, -0.1) is 0 Å². The van der Waals surface area contributed by atoms with Gasteiger partial charge in [-0.25, -0.2) is 8.42 Å². The lowest BCUT2D eigenvalue weighted by molar-refractivity contribution is 0.154. The predicted molar refractivity (Wildman–Crippen MR) is 74.5 cm³/mol. The van der Waals surface area contributed by atoms with Gasteiger partial charge < -0.3 is 10.2 Å². The summed E-state index contributed by atoms with van der Waals surface area (Å²) in [6.07, 6.45) is 2.83. The van der Waals surface area contributed by atoms with E-state index >= 15 is 0 Å². The maximum Gasteiger partial charge on any atom is 0.154 e. The first-order valence-electron chi connectivity index (χ1n) is 7.20. The van der Waals surface area contributed by atoms with E-state index in [0.717, 1.165) is 38.9 Å². The smallest absolute Gasteiger partial charge is 0.154 e. The molecule has 0 saturated carbocycles. The van der Waals surface area contributed by atoms with E-state index in [2.05, 4.69) is 24.1 Å². The molecule has 4 nitrogen and oxygen atoms in total. The van der Waals surface area contributed by atoms with Crippen LogP contribution >= 0.6 is 0 Å². The summed E-state index contributed by atoms with van der Waals surface area (Å²) < 4.78 is 23.5. The minimum Gasteiger partial charge on any atom is -0.312 e. The molecule has 0 aromatic rings. The van der Waals surface area contributed by atoms with E-state index in [9.17, 15) is 8.42 Å². The van der Waals surface area contributed by atoms with Gasteiger partial charge in [-0.1, -0.05) is 13.8 Å². The molecule has 0 aromatic carbocycles. The van der Waals surface area contributed by atoms with Gasteiger partial charge in [0.1, 0.15) is 0 Å². The van der Waals surface area contributed by atoms with Crippen LogP contribution in [0.15, 0.2) is 0 Å². The van der Waals surface area contributed by atoms with Gasteiger partial charge in [0.2, 0.25) is 0 Å². The molecule has 0 aromatic heterocycles. The molecule has 2 rings (SSSR count). The molecule has 0 spiro atoms. The molecule has 3 unspecified atom stereocenters. The molecule has 0 bridgehead atoms. The first kappa shape index (κ1) is 14.3. The Morgan fingerprint density at radius 2 is 2.11 bits per heavy atom. The van der Waals surface area contributed by atoms with Crippen molar-refractivity contribution in [1.82, 2.24) is 10.2 Å². The van der Waals surface area contributed by atoms with Crippen molar-refractivity contribution in [1.29, 1.82) is 0 Å². The first-order valence-corrected chi connectivity index (χ1v) is 8.91. The standard InChI is InChI=1S/C13H26N2O2S/c1-3-15-7-6-13(11(2)10-15)14-9-12-5-4-8-18(12,16)17/h11-14H,3-10H2,1-2H3. The van der Waals surface area contributed by atoms with E-state index in [4.69, 9.17) is 0 Å². The van der Waals surface area contributed by atoms with Gasteiger partial charge in [0, 0.05) is 19.1 Å². The number of rotatable bonds is 4. The Bertz CT molecular complexity index is 369. The Kier molecular flexibility index (Phi) is 4.67. The summed E-state index contributed by atoms with van der Waals surface area (Å²) in [6, 6.07) is 0.489. The highest BCUT2D eigenvalue weighted by atomic mass is 32.2. The Morgan fingerprint density at radius 3 is 2.67 bits per heavy atom. The monoisotopic (exact) mass is 274 g/mol. The van der Waals surface area contributed by atoms with Crippen LogP contribution < -0.4 is 5.32 Å². The molecular weight excluding hydrogens is 248 g/mol. The van der Waals surface area contributed by atoms with Gasteiger partial charge in [-0.05, 0) is 38.3 Å². The van der Waals surface area contributed by atoms with Crippen molar-refractivity contribution >= 4 is 9.84 Å². The SMILES string of the molecule is CCN1CCC(NCC2CCCS2(=O)=O)C(C)C1. The highest BCUT2D eigenvalue weighted by Gasteiger charge is 2.32. The van der Waals surface area contributed by atoms with Crippen LogP contribution in [0.5, 0.6) is 0 Å². The van der Waals surface area contributed by atoms with E-state index < -0.39 is 9.84 Å². The summed E-state index contributed by atoms with van der Waals surface area (Å²) in [5, 5.41) is 3.38. The Morgan fingerprint density at radius 1 is 1.33 bits per heavy atom. The molecule has 2 aliphatic rings. The zero-order valence-corrected chi connectivity index (χ0v) is 12.4. The van der Waals surface area contributed by atoms with Crippen molar-refractivity contribution in [3.8, 4) is 0 Å². The molecule has 2 saturated heterocycles. The summed E-state index contributed by atoms with van der Waals surface area (Å²) in [4.78, 5) is 2.47. The minimum absolute atomic E-state index is 0.131. The molecular formula is C13H26N2O2S. The Labute approximate surface area is 111 Å². The summed E-state index contributed by atoms with van der Waals surface area (Å²) in [6.45, 7) is 8.51. The average molecular weight is 274 g/mol. The van der Waals surface area contributed by atoms with Crippen LogP contribution in [-0.4, -0.2) is 56.5 Å². The van der Waals surface area contributed by atoms with E-state index in [0.29, 0.717) is 24.3 Å². The molecule has 18 heavy (non-hydrogen) atoms. The van der Waals surface area contributed by atoms with E-state index in [1.54, 1.807) is 0 Å². The lowest BCUT2D eigenvalue weighted by Crippen LogP contribution is -2.50. The molecule has 2 heterocycles. The van der Waals surface area contributed by atoms with Crippen LogP contribution in [0.1, 0.15) is 33.1 Å². The van der Waals surface area contributed by atoms with Crippen LogP contribution in [-0.2, 0) is 9.84 Å². The number of nitrogens with one attached hydrogen (secondary N) is 1. The third-order valence-electron chi connectivity index (χ3n) is 4.51. The average Bonchev–Trinajstić information content (AvgIpc) is 2.67. The fourth-order valence-corrected chi connectivity index (χ4v) is 4.97. The maximum atomic E-state index is 11.8. The molecule has 0 radical (unpaired) electrons. The van der Waals surface area contributed by atoms with E-state index in [-0.39, 0.29) is 5.25 Å². The van der Waals surface area contributed by atoms with Crippen molar-refractivity contribution in [2.75, 3.05) is 31.9 Å². The zero-order chi connectivity index (χ0) is 13.2. The predicted octanol–water partition coefficient (Wildman–Crippen LogP) is 0.884. The lowest BCUT2D eigenvalue weighted by atomic mass is 9.94. The van der Waals surface area contributed by atoms with Crippen molar-refractivity contribution in [2.45, 2.75) is 44.4 Å². The second-order valence-electron chi connectivity index (χ2n) is 5.81. The number of likely N-dealkylation sites (tertiary alicyclic amines) is 1. The quantitative estimate of drug-likeness (QED) is 0.827. The summed E-state index contributed by atoms with van der Waals surface area (Å²) in [5.74, 6) is 1.01. The summed E-state index contributed by atoms with van der Waals surface area (Å²) in [7, 11) is -2.79. The highest BCUT2D eigenvalue weighted by Crippen LogP contribution is 2.21. The lowest BCUT2D eigenvalue weighted by Gasteiger charge is -2.37. The second kappa shape index (κ2) is 5.88. The molecule has 1 N–H and O–H groups in total. The number of piperidine rings is 1. The van der Waals surface area contributed by atoms with Crippen LogP contribution in [0.3, 0.4) is 0 Å². The maximum absolute atomic E-state index is 11.8. The minimum atomic E-state index is -2.79. The van der Waals surface area contributed by atoms with Crippen molar-refractivity contribution in [3.05, 3.63) is 0 Å². The largest absolute Gasteiger partial charge is 0.312 e. The number of sulfone groups is 1. The number of nitrogens with zero attached hydrogens (tertiary/aromatic N) is 1. The molecule has 5 heteroatoms. The molecule has 2 aliphatic heterocycles. The summed E-state index contributed by atoms with van der Waals surface area (Å²) >= 11 is 0. The van der Waals surface area contributed by atoms with Gasteiger partial charge >= 0.3 is 0 Å². The van der Waals surface area contributed by atoms with Gasteiger partial charge in [-0.2, -0.15) is 0 Å². The highest BCUT2D eigenvalue weighted by molar-refractivity contribution is 7.92. The molecule has 3 atom stereocenters. The van der Waals surface area contributed by atoms with Crippen LogP contribution in [0.2, 0.25) is 0 Å². The van der Waals surface area contributed by atoms with Gasteiger partial charge in [0.15, 0.2) is 9.84 Å². The van der Waals surface area contributed by atoms with Crippen LogP contribution in [0.25, 0.3) is 0 Å². The van der Waals surface area contributed by atoms with Crippen molar-refractivity contribution in [2.24, 2.45) is 5.92 Å². The normalized spacial score (nSPS) is 36.9. The van der Waals surface area contributed by atoms with Crippen LogP contribution in [0, 0.1) is 5.92 Å². The Balaban J connectivity index is 1.80. The van der Waals surface area contributed by atoms with Crippen molar-refractivity contribution in [3.63, 3.8) is 0 Å². The Hall–Kier alpha value is -0.130. The van der Waals surface area contributed by atoms with E-state index in [1.165, 1.54) is 0 Å². The van der Waals surface area contributed by atoms with Crippen molar-refractivity contribution < 1.29 is 8.42 Å². The van der Waals surface area contributed by atoms with Gasteiger partial charge in [0.05, 0.1) is 11.0 Å². The third kappa shape index (κ3) is 3.25. The second-order valence-corrected chi connectivity index (χ2v) is 8.21. The topological polar surface area (TPSA) is 49.4 Å². The van der Waals surface area contributed by atoms with Gasteiger partial charge in [0.25, 0.3) is 0 Å². The molecule has 106 valence electrons. The van der Waals surface area contributed by atoms with E-state index in [1.807, 2.05) is 0 Å². The number of hydrogen-bond acceptors (Lipinski definition) is 4. The third-order valence-corrected chi connectivity index (χ3v) is 6.78. The zero-order valence-electron chi connectivity index (χ0n) is 11.6.